The standard InChI is InChI=1S/C21H19ClN2O5/c1-2-28-20(26)18-17(12-29-16-9-3-13(11-25)4-10-16)23-21(27)24-19(18)14-5-7-15(22)8-6-14/h3-11,19H,2,12H2,1H3,(H2,23,24,27). The fourth-order valence-electron chi connectivity index (χ4n) is 2.89. The maximum Gasteiger partial charge on any atom is 0.338 e. The maximum absolute atomic E-state index is 12.7. The molecule has 7 nitrogen and oxygen atoms in total. The molecule has 1 heterocycles. The number of amides is 2. The molecule has 1 atom stereocenters. The van der Waals surface area contributed by atoms with Gasteiger partial charge in [-0.1, -0.05) is 23.7 Å². The minimum Gasteiger partial charge on any atom is -0.487 e. The van der Waals surface area contributed by atoms with E-state index >= 15 is 0 Å². The predicted octanol–water partition coefficient (Wildman–Crippen LogP) is 3.40. The van der Waals surface area contributed by atoms with Gasteiger partial charge in [-0.15, -0.1) is 0 Å². The van der Waals surface area contributed by atoms with Crippen molar-refractivity contribution in [3.8, 4) is 5.75 Å². The first-order chi connectivity index (χ1) is 14.0. The lowest BCUT2D eigenvalue weighted by Gasteiger charge is -2.29. The fraction of sp³-hybridized carbons (Fsp3) is 0.190. The van der Waals surface area contributed by atoms with Crippen molar-refractivity contribution in [2.24, 2.45) is 0 Å². The maximum atomic E-state index is 12.7. The number of urea groups is 1. The summed E-state index contributed by atoms with van der Waals surface area (Å²) < 4.78 is 10.9. The van der Waals surface area contributed by atoms with Crippen molar-refractivity contribution < 1.29 is 23.9 Å². The summed E-state index contributed by atoms with van der Waals surface area (Å²) in [4.78, 5) is 35.7. The van der Waals surface area contributed by atoms with E-state index in [1.807, 2.05) is 0 Å². The third-order valence-electron chi connectivity index (χ3n) is 4.25. The molecule has 8 heteroatoms. The normalized spacial score (nSPS) is 15.9. The molecule has 2 aromatic carbocycles. The molecule has 0 radical (unpaired) electrons. The zero-order valence-electron chi connectivity index (χ0n) is 15.6. The highest BCUT2D eigenvalue weighted by Gasteiger charge is 2.34. The lowest BCUT2D eigenvalue weighted by molar-refractivity contribution is -0.139. The summed E-state index contributed by atoms with van der Waals surface area (Å²) in [7, 11) is 0. The highest BCUT2D eigenvalue weighted by Crippen LogP contribution is 2.29. The van der Waals surface area contributed by atoms with E-state index in [9.17, 15) is 14.4 Å². The van der Waals surface area contributed by atoms with Gasteiger partial charge in [0.15, 0.2) is 0 Å². The number of hydrogen-bond acceptors (Lipinski definition) is 5. The molecule has 1 aliphatic rings. The Bertz CT molecular complexity index is 939. The highest BCUT2D eigenvalue weighted by atomic mass is 35.5. The van der Waals surface area contributed by atoms with Crippen molar-refractivity contribution in [2.45, 2.75) is 13.0 Å². The van der Waals surface area contributed by atoms with Gasteiger partial charge >= 0.3 is 12.0 Å². The fourth-order valence-corrected chi connectivity index (χ4v) is 3.01. The minimum absolute atomic E-state index is 0.0634. The molecule has 2 amide bonds. The Morgan fingerprint density at radius 1 is 1.14 bits per heavy atom. The van der Waals surface area contributed by atoms with Crippen LogP contribution in [0.25, 0.3) is 0 Å². The van der Waals surface area contributed by atoms with E-state index in [2.05, 4.69) is 10.6 Å². The van der Waals surface area contributed by atoms with Crippen LogP contribution in [0.4, 0.5) is 4.79 Å². The number of rotatable bonds is 7. The second-order valence-electron chi connectivity index (χ2n) is 6.17. The number of hydrogen-bond donors (Lipinski definition) is 2. The zero-order chi connectivity index (χ0) is 20.8. The van der Waals surface area contributed by atoms with Crippen LogP contribution >= 0.6 is 11.6 Å². The van der Waals surface area contributed by atoms with E-state index in [0.717, 1.165) is 6.29 Å². The topological polar surface area (TPSA) is 93.7 Å². The highest BCUT2D eigenvalue weighted by molar-refractivity contribution is 6.30. The van der Waals surface area contributed by atoms with E-state index in [0.29, 0.717) is 27.6 Å². The second kappa shape index (κ2) is 9.25. The van der Waals surface area contributed by atoms with Crippen LogP contribution < -0.4 is 15.4 Å². The summed E-state index contributed by atoms with van der Waals surface area (Å²) >= 11 is 5.95. The molecule has 0 saturated carbocycles. The van der Waals surface area contributed by atoms with Crippen LogP contribution in [0.3, 0.4) is 0 Å². The SMILES string of the molecule is CCOC(=O)C1=C(COc2ccc(C=O)cc2)NC(=O)NC1c1ccc(Cl)cc1. The van der Waals surface area contributed by atoms with Gasteiger partial charge in [-0.3, -0.25) is 4.79 Å². The summed E-state index contributed by atoms with van der Waals surface area (Å²) in [6.07, 6.45) is 0.731. The van der Waals surface area contributed by atoms with Gasteiger partial charge in [0.1, 0.15) is 18.6 Å². The van der Waals surface area contributed by atoms with Crippen molar-refractivity contribution in [3.63, 3.8) is 0 Å². The molecular weight excluding hydrogens is 396 g/mol. The Balaban J connectivity index is 1.93. The molecule has 0 saturated heterocycles. The van der Waals surface area contributed by atoms with Gasteiger partial charge in [-0.2, -0.15) is 0 Å². The molecular formula is C21H19ClN2O5. The predicted molar refractivity (Wildman–Crippen MR) is 107 cm³/mol. The number of halogens is 1. The van der Waals surface area contributed by atoms with E-state index in [4.69, 9.17) is 21.1 Å². The van der Waals surface area contributed by atoms with Gasteiger partial charge in [-0.25, -0.2) is 9.59 Å². The molecule has 2 N–H and O–H groups in total. The van der Waals surface area contributed by atoms with Crippen LogP contribution in [0, 0.1) is 0 Å². The Morgan fingerprint density at radius 3 is 2.45 bits per heavy atom. The number of carbonyl (C=O) groups is 3. The largest absolute Gasteiger partial charge is 0.487 e. The number of benzene rings is 2. The zero-order valence-corrected chi connectivity index (χ0v) is 16.4. The van der Waals surface area contributed by atoms with E-state index in [1.54, 1.807) is 55.5 Å². The summed E-state index contributed by atoms with van der Waals surface area (Å²) in [6, 6.07) is 12.1. The molecule has 1 unspecified atom stereocenters. The molecule has 0 aliphatic carbocycles. The smallest absolute Gasteiger partial charge is 0.338 e. The lowest BCUT2D eigenvalue weighted by atomic mass is 9.95. The van der Waals surface area contributed by atoms with E-state index < -0.39 is 18.0 Å². The summed E-state index contributed by atoms with van der Waals surface area (Å²) in [6.45, 7) is 1.83. The van der Waals surface area contributed by atoms with Crippen molar-refractivity contribution >= 4 is 29.9 Å². The van der Waals surface area contributed by atoms with Gasteiger partial charge < -0.3 is 20.1 Å². The van der Waals surface area contributed by atoms with Gasteiger partial charge in [-0.05, 0) is 48.9 Å². The first-order valence-electron chi connectivity index (χ1n) is 8.93. The lowest BCUT2D eigenvalue weighted by Crippen LogP contribution is -2.47. The van der Waals surface area contributed by atoms with Gasteiger partial charge in [0.05, 0.1) is 23.9 Å². The van der Waals surface area contributed by atoms with Crippen molar-refractivity contribution in [3.05, 3.63) is 76.0 Å². The molecule has 0 spiro atoms. The van der Waals surface area contributed by atoms with Gasteiger partial charge in [0.25, 0.3) is 0 Å². The Hall–Kier alpha value is -3.32. The molecule has 2 aromatic rings. The first kappa shape index (κ1) is 20.4. The number of esters is 1. The van der Waals surface area contributed by atoms with Crippen molar-refractivity contribution in [2.75, 3.05) is 13.2 Å². The number of carbonyl (C=O) groups excluding carboxylic acids is 3. The van der Waals surface area contributed by atoms with E-state index in [-0.39, 0.29) is 18.8 Å². The molecule has 29 heavy (non-hydrogen) atoms. The van der Waals surface area contributed by atoms with Crippen LogP contribution in [-0.4, -0.2) is 31.5 Å². The average molecular weight is 415 g/mol. The van der Waals surface area contributed by atoms with Crippen molar-refractivity contribution in [1.29, 1.82) is 0 Å². The molecule has 0 fully saturated rings. The quantitative estimate of drug-likeness (QED) is 0.535. The van der Waals surface area contributed by atoms with E-state index in [1.165, 1.54) is 0 Å². The second-order valence-corrected chi connectivity index (χ2v) is 6.61. The first-order valence-corrected chi connectivity index (χ1v) is 9.30. The minimum atomic E-state index is -0.712. The third-order valence-corrected chi connectivity index (χ3v) is 4.50. The van der Waals surface area contributed by atoms with Crippen LogP contribution in [-0.2, 0) is 9.53 Å². The van der Waals surface area contributed by atoms with Crippen LogP contribution in [0.15, 0.2) is 59.8 Å². The molecule has 1 aliphatic heterocycles. The van der Waals surface area contributed by atoms with Crippen LogP contribution in [0.2, 0.25) is 5.02 Å². The monoisotopic (exact) mass is 414 g/mol. The Kier molecular flexibility index (Phi) is 6.51. The van der Waals surface area contributed by atoms with Gasteiger partial charge in [0, 0.05) is 10.6 Å². The van der Waals surface area contributed by atoms with Crippen molar-refractivity contribution in [1.82, 2.24) is 10.6 Å². The number of aldehydes is 1. The Morgan fingerprint density at radius 2 is 1.83 bits per heavy atom. The molecule has 150 valence electrons. The molecule has 0 bridgehead atoms. The van der Waals surface area contributed by atoms with Crippen LogP contribution in [0.5, 0.6) is 5.75 Å². The molecule has 3 rings (SSSR count). The number of nitrogens with one attached hydrogen (secondary N) is 2. The Labute approximate surface area is 172 Å². The number of ether oxygens (including phenoxy) is 2. The summed E-state index contributed by atoms with van der Waals surface area (Å²) in [5, 5.41) is 5.91. The third kappa shape index (κ3) is 4.94. The summed E-state index contributed by atoms with van der Waals surface area (Å²) in [5.74, 6) is -0.0722. The average Bonchev–Trinajstić information content (AvgIpc) is 2.72. The van der Waals surface area contributed by atoms with Crippen LogP contribution in [0.1, 0.15) is 28.9 Å². The van der Waals surface area contributed by atoms with Gasteiger partial charge in [0.2, 0.25) is 0 Å². The molecule has 0 aromatic heterocycles. The summed E-state index contributed by atoms with van der Waals surface area (Å²) in [5.41, 5.74) is 1.74.